The second kappa shape index (κ2) is 9.12. The molecule has 1 atom stereocenters. The molecule has 1 saturated carbocycles. The SMILES string of the molecule is CNC(=O)[C@H]1CN(CC2(O)CCC(c3ccccc3)CC2)CCN(S(C)(=O)=O)C1. The summed E-state index contributed by atoms with van der Waals surface area (Å²) in [4.78, 5) is 14.4. The molecule has 1 aliphatic heterocycles. The molecule has 0 unspecified atom stereocenters. The van der Waals surface area contributed by atoms with Crippen molar-refractivity contribution in [3.8, 4) is 0 Å². The van der Waals surface area contributed by atoms with Gasteiger partial charge in [0.1, 0.15) is 0 Å². The van der Waals surface area contributed by atoms with Crippen molar-refractivity contribution < 1.29 is 18.3 Å². The number of benzene rings is 1. The molecule has 0 bridgehead atoms. The molecule has 7 nitrogen and oxygen atoms in total. The van der Waals surface area contributed by atoms with Crippen molar-refractivity contribution in [3.05, 3.63) is 35.9 Å². The van der Waals surface area contributed by atoms with Crippen LogP contribution in [-0.4, -0.2) is 80.3 Å². The lowest BCUT2D eigenvalue weighted by Gasteiger charge is -2.39. The Balaban J connectivity index is 1.64. The third-order valence-electron chi connectivity index (χ3n) is 6.36. The van der Waals surface area contributed by atoms with E-state index >= 15 is 0 Å². The quantitative estimate of drug-likeness (QED) is 0.738. The van der Waals surface area contributed by atoms with E-state index in [1.54, 1.807) is 7.05 Å². The van der Waals surface area contributed by atoms with Gasteiger partial charge in [-0.15, -0.1) is 0 Å². The van der Waals surface area contributed by atoms with Crippen molar-refractivity contribution in [1.82, 2.24) is 14.5 Å². The van der Waals surface area contributed by atoms with E-state index in [4.69, 9.17) is 0 Å². The van der Waals surface area contributed by atoms with Crippen LogP contribution in [0.4, 0.5) is 0 Å². The van der Waals surface area contributed by atoms with E-state index in [-0.39, 0.29) is 12.5 Å². The Morgan fingerprint density at radius 1 is 1.17 bits per heavy atom. The highest BCUT2D eigenvalue weighted by atomic mass is 32.2. The Morgan fingerprint density at radius 2 is 1.83 bits per heavy atom. The summed E-state index contributed by atoms with van der Waals surface area (Å²) < 4.78 is 25.5. The molecule has 0 spiro atoms. The minimum atomic E-state index is -3.37. The van der Waals surface area contributed by atoms with Crippen LogP contribution < -0.4 is 5.32 Å². The molecule has 2 aliphatic rings. The normalized spacial score (nSPS) is 29.9. The minimum absolute atomic E-state index is 0.162. The predicted octanol–water partition coefficient (Wildman–Crippen LogP) is 1.01. The monoisotopic (exact) mass is 423 g/mol. The van der Waals surface area contributed by atoms with Gasteiger partial charge in [-0.05, 0) is 37.2 Å². The van der Waals surface area contributed by atoms with Crippen molar-refractivity contribution in [1.29, 1.82) is 0 Å². The number of rotatable bonds is 5. The van der Waals surface area contributed by atoms with Crippen molar-refractivity contribution >= 4 is 15.9 Å². The van der Waals surface area contributed by atoms with Crippen molar-refractivity contribution in [3.63, 3.8) is 0 Å². The van der Waals surface area contributed by atoms with Gasteiger partial charge in [-0.3, -0.25) is 9.69 Å². The van der Waals surface area contributed by atoms with Crippen LogP contribution in [0.3, 0.4) is 0 Å². The Hall–Kier alpha value is -1.48. The van der Waals surface area contributed by atoms with Crippen LogP contribution >= 0.6 is 0 Å². The standard InChI is InChI=1S/C21H33N3O4S/c1-22-20(25)19-14-23(12-13-24(15-19)29(2,27)28)16-21(26)10-8-18(9-11-21)17-6-4-3-5-7-17/h3-7,18-19,26H,8-16H2,1-2H3,(H,22,25)/t18?,19-,21?/m0/s1. The smallest absolute Gasteiger partial charge is 0.225 e. The van der Waals surface area contributed by atoms with E-state index in [1.807, 2.05) is 6.07 Å². The number of nitrogens with one attached hydrogen (secondary N) is 1. The average Bonchev–Trinajstić information content (AvgIpc) is 2.91. The van der Waals surface area contributed by atoms with Gasteiger partial charge in [-0.2, -0.15) is 0 Å². The number of carbonyl (C=O) groups is 1. The summed E-state index contributed by atoms with van der Waals surface area (Å²) in [5.41, 5.74) is 0.534. The first-order valence-electron chi connectivity index (χ1n) is 10.4. The van der Waals surface area contributed by atoms with Crippen molar-refractivity contribution in [2.24, 2.45) is 5.92 Å². The van der Waals surface area contributed by atoms with Gasteiger partial charge in [0.15, 0.2) is 0 Å². The first kappa shape index (κ1) is 22.2. The summed E-state index contributed by atoms with van der Waals surface area (Å²) >= 11 is 0. The van der Waals surface area contributed by atoms with Gasteiger partial charge < -0.3 is 10.4 Å². The van der Waals surface area contributed by atoms with Gasteiger partial charge >= 0.3 is 0 Å². The van der Waals surface area contributed by atoms with Crippen LogP contribution in [0.5, 0.6) is 0 Å². The third kappa shape index (κ3) is 5.78. The summed E-state index contributed by atoms with van der Waals surface area (Å²) in [6, 6.07) is 10.4. The lowest BCUT2D eigenvalue weighted by atomic mass is 9.76. The number of amides is 1. The fourth-order valence-corrected chi connectivity index (χ4v) is 5.52. The number of hydrogen-bond donors (Lipinski definition) is 2. The molecular weight excluding hydrogens is 390 g/mol. The third-order valence-corrected chi connectivity index (χ3v) is 7.63. The predicted molar refractivity (Wildman–Crippen MR) is 113 cm³/mol. The minimum Gasteiger partial charge on any atom is -0.389 e. The lowest BCUT2D eigenvalue weighted by molar-refractivity contribution is -0.125. The molecule has 2 fully saturated rings. The number of nitrogens with zero attached hydrogens (tertiary/aromatic N) is 2. The Bertz CT molecular complexity index is 791. The largest absolute Gasteiger partial charge is 0.389 e. The molecule has 29 heavy (non-hydrogen) atoms. The fourth-order valence-electron chi connectivity index (χ4n) is 4.65. The van der Waals surface area contributed by atoms with Crippen LogP contribution in [0, 0.1) is 5.92 Å². The second-order valence-corrected chi connectivity index (χ2v) is 10.6. The van der Waals surface area contributed by atoms with Gasteiger partial charge in [0.2, 0.25) is 15.9 Å². The Labute approximate surface area is 174 Å². The maximum absolute atomic E-state index is 12.3. The zero-order valence-electron chi connectivity index (χ0n) is 17.4. The van der Waals surface area contributed by atoms with Crippen LogP contribution in [0.15, 0.2) is 30.3 Å². The maximum atomic E-state index is 12.3. The molecule has 1 heterocycles. The van der Waals surface area contributed by atoms with Crippen LogP contribution in [0.2, 0.25) is 0 Å². The molecule has 162 valence electrons. The van der Waals surface area contributed by atoms with Crippen molar-refractivity contribution in [2.75, 3.05) is 46.0 Å². The highest BCUT2D eigenvalue weighted by Crippen LogP contribution is 2.38. The summed E-state index contributed by atoms with van der Waals surface area (Å²) in [6.45, 7) is 1.97. The average molecular weight is 424 g/mol. The van der Waals surface area contributed by atoms with Gasteiger partial charge in [0.05, 0.1) is 17.8 Å². The van der Waals surface area contributed by atoms with E-state index < -0.39 is 21.5 Å². The van der Waals surface area contributed by atoms with E-state index in [0.29, 0.717) is 44.9 Å². The molecule has 1 aromatic rings. The molecule has 8 heteroatoms. The van der Waals surface area contributed by atoms with E-state index in [1.165, 1.54) is 16.1 Å². The first-order chi connectivity index (χ1) is 13.7. The first-order valence-corrected chi connectivity index (χ1v) is 12.2. The fraction of sp³-hybridized carbons (Fsp3) is 0.667. The maximum Gasteiger partial charge on any atom is 0.225 e. The number of sulfonamides is 1. The number of β-amino-alcohol motifs (C(OH)–C–C–N with tert-alkyl or cyclic N) is 1. The molecule has 2 N–H and O–H groups in total. The van der Waals surface area contributed by atoms with Gasteiger partial charge in [-0.25, -0.2) is 12.7 Å². The molecule has 1 amide bonds. The number of carbonyl (C=O) groups excluding carboxylic acids is 1. The molecule has 3 rings (SSSR count). The zero-order valence-corrected chi connectivity index (χ0v) is 18.2. The van der Waals surface area contributed by atoms with Crippen LogP contribution in [0.1, 0.15) is 37.2 Å². The van der Waals surface area contributed by atoms with Gasteiger partial charge in [0.25, 0.3) is 0 Å². The molecule has 1 aromatic carbocycles. The summed E-state index contributed by atoms with van der Waals surface area (Å²) in [7, 11) is -1.80. The van der Waals surface area contributed by atoms with Crippen LogP contribution in [-0.2, 0) is 14.8 Å². The van der Waals surface area contributed by atoms with Crippen LogP contribution in [0.25, 0.3) is 0 Å². The molecular formula is C21H33N3O4S. The number of aliphatic hydroxyl groups is 1. The lowest BCUT2D eigenvalue weighted by Crippen LogP contribution is -2.48. The Kier molecular flexibility index (Phi) is 6.98. The molecule has 0 radical (unpaired) electrons. The highest BCUT2D eigenvalue weighted by molar-refractivity contribution is 7.88. The Morgan fingerprint density at radius 3 is 2.41 bits per heavy atom. The van der Waals surface area contributed by atoms with E-state index in [9.17, 15) is 18.3 Å². The van der Waals surface area contributed by atoms with E-state index in [0.717, 1.165) is 12.8 Å². The van der Waals surface area contributed by atoms with Crippen molar-refractivity contribution in [2.45, 2.75) is 37.2 Å². The topological polar surface area (TPSA) is 90.0 Å². The summed E-state index contributed by atoms with van der Waals surface area (Å²) in [6.07, 6.45) is 4.47. The van der Waals surface area contributed by atoms with Gasteiger partial charge in [0, 0.05) is 39.8 Å². The summed E-state index contributed by atoms with van der Waals surface area (Å²) in [5.74, 6) is -0.133. The van der Waals surface area contributed by atoms with E-state index in [2.05, 4.69) is 34.5 Å². The molecule has 0 aromatic heterocycles. The van der Waals surface area contributed by atoms with Gasteiger partial charge in [-0.1, -0.05) is 30.3 Å². The summed E-state index contributed by atoms with van der Waals surface area (Å²) in [5, 5.41) is 13.9. The highest BCUT2D eigenvalue weighted by Gasteiger charge is 2.38. The molecule has 1 saturated heterocycles. The zero-order chi connectivity index (χ0) is 21.1. The molecule has 1 aliphatic carbocycles. The number of hydrogen-bond acceptors (Lipinski definition) is 5. The second-order valence-electron chi connectivity index (χ2n) is 8.58.